The van der Waals surface area contributed by atoms with Gasteiger partial charge in [0.05, 0.1) is 7.11 Å². The van der Waals surface area contributed by atoms with E-state index in [0.29, 0.717) is 0 Å². The molecule has 3 N–H and O–H groups in total. The molecule has 0 aliphatic carbocycles. The largest absolute Gasteiger partial charge is 0.496 e. The Morgan fingerprint density at radius 1 is 1.22 bits per heavy atom. The summed E-state index contributed by atoms with van der Waals surface area (Å²) in [7, 11) is 1.64. The number of fused-ring (bicyclic) bond motifs is 1. The van der Waals surface area contributed by atoms with Crippen LogP contribution in [-0.4, -0.2) is 18.0 Å². The number of rotatable bonds is 5. The van der Waals surface area contributed by atoms with Crippen molar-refractivity contribution in [1.82, 2.24) is 4.98 Å². The molecule has 2 aromatic carbocycles. The summed E-state index contributed by atoms with van der Waals surface area (Å²) in [6, 6.07) is 16.0. The zero-order chi connectivity index (χ0) is 16.4. The predicted molar refractivity (Wildman–Crippen MR) is 91.6 cm³/mol. The fraction of sp³-hybridized carbons (Fsp3) is 0.211. The number of ether oxygens (including phenoxy) is 1. The number of benzene rings is 2. The van der Waals surface area contributed by atoms with Crippen molar-refractivity contribution in [3.8, 4) is 5.75 Å². The van der Waals surface area contributed by atoms with Crippen molar-refractivity contribution in [3.05, 3.63) is 65.9 Å². The highest BCUT2D eigenvalue weighted by atomic mass is 16.5. The third-order valence-corrected chi connectivity index (χ3v) is 4.42. The van der Waals surface area contributed by atoms with Gasteiger partial charge >= 0.3 is 0 Å². The van der Waals surface area contributed by atoms with E-state index in [1.165, 1.54) is 0 Å². The second kappa shape index (κ2) is 5.80. The highest BCUT2D eigenvalue weighted by Crippen LogP contribution is 2.40. The highest BCUT2D eigenvalue weighted by Gasteiger charge is 2.33. The molecular formula is C19H20N2O2. The average molecular weight is 308 g/mol. The summed E-state index contributed by atoms with van der Waals surface area (Å²) in [4.78, 5) is 15.0. The first-order valence-corrected chi connectivity index (χ1v) is 7.54. The Morgan fingerprint density at radius 2 is 2.00 bits per heavy atom. The molecule has 0 aliphatic heterocycles. The maximum absolute atomic E-state index is 11.7. The number of H-pyrrole nitrogens is 1. The Hall–Kier alpha value is -2.75. The number of methoxy groups -OCH3 is 1. The second-order valence-corrected chi connectivity index (χ2v) is 5.96. The molecule has 23 heavy (non-hydrogen) atoms. The molecule has 3 aromatic rings. The van der Waals surface area contributed by atoms with E-state index < -0.39 is 5.41 Å². The monoisotopic (exact) mass is 308 g/mol. The van der Waals surface area contributed by atoms with Crippen LogP contribution in [0.1, 0.15) is 24.5 Å². The normalized spacial score (nSPS) is 13.7. The van der Waals surface area contributed by atoms with Crippen molar-refractivity contribution < 1.29 is 9.53 Å². The van der Waals surface area contributed by atoms with Crippen molar-refractivity contribution >= 4 is 16.8 Å². The molecule has 0 radical (unpaired) electrons. The molecule has 1 atom stereocenters. The minimum absolute atomic E-state index is 0.208. The van der Waals surface area contributed by atoms with Crippen LogP contribution in [0.4, 0.5) is 0 Å². The van der Waals surface area contributed by atoms with E-state index in [4.69, 9.17) is 10.5 Å². The van der Waals surface area contributed by atoms with Gasteiger partial charge in [-0.25, -0.2) is 0 Å². The lowest BCUT2D eigenvalue weighted by Gasteiger charge is -2.31. The average Bonchev–Trinajstić information content (AvgIpc) is 3.01. The smallest absolute Gasteiger partial charge is 0.218 e. The van der Waals surface area contributed by atoms with Crippen LogP contribution < -0.4 is 10.5 Å². The molecule has 1 heterocycles. The lowest BCUT2D eigenvalue weighted by molar-refractivity contribution is -0.118. The molecule has 0 fully saturated rings. The molecule has 0 bridgehead atoms. The van der Waals surface area contributed by atoms with E-state index >= 15 is 0 Å². The lowest BCUT2D eigenvalue weighted by Crippen LogP contribution is -2.31. The fourth-order valence-corrected chi connectivity index (χ4v) is 3.19. The summed E-state index contributed by atoms with van der Waals surface area (Å²) >= 11 is 0. The number of nitrogens with one attached hydrogen (secondary N) is 1. The minimum atomic E-state index is -0.558. The van der Waals surface area contributed by atoms with Crippen LogP contribution >= 0.6 is 0 Å². The van der Waals surface area contributed by atoms with Gasteiger partial charge in [0.25, 0.3) is 0 Å². The SMILES string of the molecule is COc1ccccc1C(C)(CC(N)=O)c1ccc2cc[nH]c2c1. The molecule has 0 saturated heterocycles. The molecule has 1 amide bonds. The molecule has 0 aliphatic rings. The number of amides is 1. The van der Waals surface area contributed by atoms with Gasteiger partial charge in [0, 0.05) is 29.1 Å². The number of aromatic nitrogens is 1. The standard InChI is InChI=1S/C19H20N2O2/c1-19(12-18(20)22,15-5-3-4-6-17(15)23-2)14-8-7-13-9-10-21-16(13)11-14/h3-11,21H,12H2,1-2H3,(H2,20,22). The Bertz CT molecular complexity index is 853. The molecule has 4 nitrogen and oxygen atoms in total. The van der Waals surface area contributed by atoms with Crippen molar-refractivity contribution in [1.29, 1.82) is 0 Å². The van der Waals surface area contributed by atoms with Crippen LogP contribution in [0.5, 0.6) is 5.75 Å². The number of para-hydroxylation sites is 1. The summed E-state index contributed by atoms with van der Waals surface area (Å²) in [5.74, 6) is 0.410. The zero-order valence-electron chi connectivity index (χ0n) is 13.3. The van der Waals surface area contributed by atoms with Crippen molar-refractivity contribution in [2.45, 2.75) is 18.8 Å². The second-order valence-electron chi connectivity index (χ2n) is 5.96. The van der Waals surface area contributed by atoms with Crippen LogP contribution in [-0.2, 0) is 10.2 Å². The third kappa shape index (κ3) is 2.68. The Kier molecular flexibility index (Phi) is 3.82. The molecule has 0 spiro atoms. The Labute approximate surface area is 135 Å². The van der Waals surface area contributed by atoms with Gasteiger partial charge in [-0.2, -0.15) is 0 Å². The number of primary amides is 1. The Morgan fingerprint density at radius 3 is 2.74 bits per heavy atom. The maximum Gasteiger partial charge on any atom is 0.218 e. The maximum atomic E-state index is 11.7. The van der Waals surface area contributed by atoms with Gasteiger partial charge in [0.1, 0.15) is 5.75 Å². The van der Waals surface area contributed by atoms with E-state index in [-0.39, 0.29) is 12.3 Å². The van der Waals surface area contributed by atoms with Crippen LogP contribution in [0.25, 0.3) is 10.9 Å². The van der Waals surface area contributed by atoms with Crippen LogP contribution in [0.3, 0.4) is 0 Å². The molecule has 1 unspecified atom stereocenters. The van der Waals surface area contributed by atoms with Crippen LogP contribution in [0.2, 0.25) is 0 Å². The molecule has 3 rings (SSSR count). The van der Waals surface area contributed by atoms with Gasteiger partial charge in [-0.3, -0.25) is 4.79 Å². The molecule has 1 aromatic heterocycles. The van der Waals surface area contributed by atoms with Gasteiger partial charge in [-0.1, -0.05) is 37.3 Å². The van der Waals surface area contributed by atoms with Crippen molar-refractivity contribution in [2.75, 3.05) is 7.11 Å². The van der Waals surface area contributed by atoms with E-state index in [9.17, 15) is 4.79 Å². The summed E-state index contributed by atoms with van der Waals surface area (Å²) in [5.41, 5.74) is 8.00. The first-order valence-electron chi connectivity index (χ1n) is 7.54. The number of hydrogen-bond acceptors (Lipinski definition) is 2. The van der Waals surface area contributed by atoms with Gasteiger partial charge in [0.15, 0.2) is 0 Å². The number of nitrogens with two attached hydrogens (primary N) is 1. The lowest BCUT2D eigenvalue weighted by atomic mass is 9.73. The van der Waals surface area contributed by atoms with Gasteiger partial charge < -0.3 is 15.5 Å². The van der Waals surface area contributed by atoms with E-state index in [1.54, 1.807) is 7.11 Å². The van der Waals surface area contributed by atoms with E-state index in [0.717, 1.165) is 27.8 Å². The van der Waals surface area contributed by atoms with E-state index in [1.807, 2.05) is 49.5 Å². The molecule has 0 saturated carbocycles. The van der Waals surface area contributed by atoms with Crippen molar-refractivity contribution in [2.24, 2.45) is 5.73 Å². The number of aromatic amines is 1. The first-order chi connectivity index (χ1) is 11.0. The van der Waals surface area contributed by atoms with Gasteiger partial charge in [-0.15, -0.1) is 0 Å². The van der Waals surface area contributed by atoms with Crippen LogP contribution in [0.15, 0.2) is 54.7 Å². The van der Waals surface area contributed by atoms with E-state index in [2.05, 4.69) is 17.1 Å². The summed E-state index contributed by atoms with van der Waals surface area (Å²) in [5, 5.41) is 1.13. The van der Waals surface area contributed by atoms with Gasteiger partial charge in [-0.05, 0) is 29.1 Å². The Balaban J connectivity index is 2.21. The zero-order valence-corrected chi connectivity index (χ0v) is 13.3. The van der Waals surface area contributed by atoms with Gasteiger partial charge in [0.2, 0.25) is 5.91 Å². The minimum Gasteiger partial charge on any atom is -0.496 e. The third-order valence-electron chi connectivity index (χ3n) is 4.42. The number of hydrogen-bond donors (Lipinski definition) is 2. The topological polar surface area (TPSA) is 68.1 Å². The van der Waals surface area contributed by atoms with Crippen LogP contribution in [0, 0.1) is 0 Å². The molecular weight excluding hydrogens is 288 g/mol. The first kappa shape index (κ1) is 15.2. The molecule has 118 valence electrons. The molecule has 4 heteroatoms. The predicted octanol–water partition coefficient (Wildman–Crippen LogP) is 3.36. The number of carbonyl (C=O) groups is 1. The summed E-state index contributed by atoms with van der Waals surface area (Å²) < 4.78 is 5.51. The summed E-state index contributed by atoms with van der Waals surface area (Å²) in [6.07, 6.45) is 2.11. The number of carbonyl (C=O) groups excluding carboxylic acids is 1. The van der Waals surface area contributed by atoms with Crippen molar-refractivity contribution in [3.63, 3.8) is 0 Å². The fourth-order valence-electron chi connectivity index (χ4n) is 3.19. The quantitative estimate of drug-likeness (QED) is 0.759. The highest BCUT2D eigenvalue weighted by molar-refractivity contribution is 5.82. The summed E-state index contributed by atoms with van der Waals surface area (Å²) in [6.45, 7) is 2.03.